The van der Waals surface area contributed by atoms with E-state index in [0.29, 0.717) is 29.6 Å². The molecule has 0 saturated carbocycles. The third-order valence-corrected chi connectivity index (χ3v) is 4.59. The van der Waals surface area contributed by atoms with Gasteiger partial charge in [0, 0.05) is 31.5 Å². The van der Waals surface area contributed by atoms with Gasteiger partial charge in [-0.1, -0.05) is 25.4 Å². The standard InChI is InChI=1S/C18H24ClNO6/c1-11(2)10-26-15-13(19)8-12(9-14(15)25-3)16(21)20-6-4-18(24,5-7-20)17(22)23/h8-9,11,24H,4-7,10H2,1-3H3,(H,22,23). The molecular formula is C18H24ClNO6. The number of hydrogen-bond donors (Lipinski definition) is 2. The summed E-state index contributed by atoms with van der Waals surface area (Å²) in [6.45, 7) is 4.77. The average molecular weight is 386 g/mol. The molecule has 0 atom stereocenters. The number of carbonyl (C=O) groups excluding carboxylic acids is 1. The highest BCUT2D eigenvalue weighted by Gasteiger charge is 2.40. The van der Waals surface area contributed by atoms with E-state index in [9.17, 15) is 14.7 Å². The summed E-state index contributed by atoms with van der Waals surface area (Å²) in [5.74, 6) is -0.508. The third kappa shape index (κ3) is 4.40. The van der Waals surface area contributed by atoms with Crippen molar-refractivity contribution in [2.24, 2.45) is 5.92 Å². The Morgan fingerprint density at radius 3 is 2.42 bits per heavy atom. The molecule has 8 heteroatoms. The van der Waals surface area contributed by atoms with E-state index in [1.165, 1.54) is 18.1 Å². The summed E-state index contributed by atoms with van der Waals surface area (Å²) in [5, 5.41) is 19.3. The van der Waals surface area contributed by atoms with Crippen molar-refractivity contribution >= 4 is 23.5 Å². The third-order valence-electron chi connectivity index (χ3n) is 4.31. The zero-order chi connectivity index (χ0) is 19.5. The fourth-order valence-electron chi connectivity index (χ4n) is 2.71. The normalized spacial score (nSPS) is 16.5. The molecule has 1 aromatic rings. The summed E-state index contributed by atoms with van der Waals surface area (Å²) in [6.07, 6.45) is -0.0386. The number of amides is 1. The van der Waals surface area contributed by atoms with Crippen LogP contribution in [0.5, 0.6) is 11.5 Å². The molecule has 0 radical (unpaired) electrons. The number of benzene rings is 1. The van der Waals surface area contributed by atoms with Crippen LogP contribution in [0.1, 0.15) is 37.0 Å². The number of carboxylic acids is 1. The molecule has 26 heavy (non-hydrogen) atoms. The van der Waals surface area contributed by atoms with Crippen LogP contribution in [0.2, 0.25) is 5.02 Å². The van der Waals surface area contributed by atoms with Crippen LogP contribution in [0, 0.1) is 5.92 Å². The molecule has 1 amide bonds. The zero-order valence-electron chi connectivity index (χ0n) is 15.1. The molecule has 0 spiro atoms. The van der Waals surface area contributed by atoms with Gasteiger partial charge in [-0.05, 0) is 18.1 Å². The molecular weight excluding hydrogens is 362 g/mol. The topological polar surface area (TPSA) is 96.3 Å². The van der Waals surface area contributed by atoms with Gasteiger partial charge >= 0.3 is 5.97 Å². The summed E-state index contributed by atoms with van der Waals surface area (Å²) in [7, 11) is 1.47. The number of aliphatic hydroxyl groups is 1. The highest BCUT2D eigenvalue weighted by atomic mass is 35.5. The Bertz CT molecular complexity index is 683. The maximum Gasteiger partial charge on any atom is 0.335 e. The first-order valence-corrected chi connectivity index (χ1v) is 8.81. The van der Waals surface area contributed by atoms with Gasteiger partial charge in [0.2, 0.25) is 0 Å². The highest BCUT2D eigenvalue weighted by molar-refractivity contribution is 6.32. The van der Waals surface area contributed by atoms with Gasteiger partial charge in [-0.3, -0.25) is 4.79 Å². The van der Waals surface area contributed by atoms with Crippen molar-refractivity contribution < 1.29 is 29.3 Å². The van der Waals surface area contributed by atoms with Gasteiger partial charge in [0.25, 0.3) is 5.91 Å². The molecule has 2 N–H and O–H groups in total. The molecule has 0 unspecified atom stereocenters. The van der Waals surface area contributed by atoms with Crippen molar-refractivity contribution in [2.45, 2.75) is 32.3 Å². The molecule has 1 aliphatic heterocycles. The van der Waals surface area contributed by atoms with Gasteiger partial charge in [-0.15, -0.1) is 0 Å². The smallest absolute Gasteiger partial charge is 0.335 e. The predicted octanol–water partition coefficient (Wildman–Crippen LogP) is 2.44. The number of carbonyl (C=O) groups is 2. The monoisotopic (exact) mass is 385 g/mol. The van der Waals surface area contributed by atoms with E-state index in [4.69, 9.17) is 26.2 Å². The molecule has 0 aliphatic carbocycles. The van der Waals surface area contributed by atoms with E-state index < -0.39 is 11.6 Å². The Balaban J connectivity index is 2.17. The van der Waals surface area contributed by atoms with Gasteiger partial charge in [-0.25, -0.2) is 4.79 Å². The number of halogens is 1. The molecule has 1 heterocycles. The van der Waals surface area contributed by atoms with Crippen molar-refractivity contribution in [2.75, 3.05) is 26.8 Å². The number of piperidine rings is 1. The maximum atomic E-state index is 12.7. The first kappa shape index (κ1) is 20.3. The molecule has 0 aromatic heterocycles. The lowest BCUT2D eigenvalue weighted by molar-refractivity contribution is -0.162. The SMILES string of the molecule is COc1cc(C(=O)N2CCC(O)(C(=O)O)CC2)cc(Cl)c1OCC(C)C. The Hall–Kier alpha value is -1.99. The van der Waals surface area contributed by atoms with Crippen molar-refractivity contribution in [1.29, 1.82) is 0 Å². The van der Waals surface area contributed by atoms with Crippen LogP contribution < -0.4 is 9.47 Å². The second-order valence-electron chi connectivity index (χ2n) is 6.82. The highest BCUT2D eigenvalue weighted by Crippen LogP contribution is 2.37. The van der Waals surface area contributed by atoms with E-state index in [2.05, 4.69) is 0 Å². The summed E-state index contributed by atoms with van der Waals surface area (Å²) in [5.41, 5.74) is -1.45. The van der Waals surface area contributed by atoms with Gasteiger partial charge in [0.1, 0.15) is 0 Å². The minimum Gasteiger partial charge on any atom is -0.493 e. The van der Waals surface area contributed by atoms with E-state index in [1.54, 1.807) is 6.07 Å². The number of likely N-dealkylation sites (tertiary alicyclic amines) is 1. The molecule has 1 fully saturated rings. The lowest BCUT2D eigenvalue weighted by atomic mass is 9.91. The molecule has 1 aliphatic rings. The molecule has 144 valence electrons. The van der Waals surface area contributed by atoms with Crippen LogP contribution in [0.3, 0.4) is 0 Å². The van der Waals surface area contributed by atoms with Crippen LogP contribution in [0.15, 0.2) is 12.1 Å². The van der Waals surface area contributed by atoms with Crippen molar-refractivity contribution in [3.05, 3.63) is 22.7 Å². The lowest BCUT2D eigenvalue weighted by Crippen LogP contribution is -2.50. The van der Waals surface area contributed by atoms with Crippen LogP contribution in [-0.4, -0.2) is 59.4 Å². The second kappa shape index (κ2) is 8.14. The molecule has 0 bridgehead atoms. The second-order valence-corrected chi connectivity index (χ2v) is 7.23. The largest absolute Gasteiger partial charge is 0.493 e. The van der Waals surface area contributed by atoms with Crippen molar-refractivity contribution in [1.82, 2.24) is 4.90 Å². The molecule has 1 aromatic carbocycles. The zero-order valence-corrected chi connectivity index (χ0v) is 15.9. The predicted molar refractivity (Wildman–Crippen MR) is 96.1 cm³/mol. The van der Waals surface area contributed by atoms with Crippen LogP contribution >= 0.6 is 11.6 Å². The van der Waals surface area contributed by atoms with Crippen LogP contribution in [-0.2, 0) is 4.79 Å². The van der Waals surface area contributed by atoms with Gasteiger partial charge in [-0.2, -0.15) is 0 Å². The van der Waals surface area contributed by atoms with E-state index in [0.717, 1.165) is 0 Å². The summed E-state index contributed by atoms with van der Waals surface area (Å²) in [6, 6.07) is 3.07. The Morgan fingerprint density at radius 2 is 1.92 bits per heavy atom. The Morgan fingerprint density at radius 1 is 1.31 bits per heavy atom. The Labute approximate surface area is 157 Å². The first-order valence-electron chi connectivity index (χ1n) is 8.43. The minimum atomic E-state index is -1.78. The average Bonchev–Trinajstić information content (AvgIpc) is 2.59. The Kier molecular flexibility index (Phi) is 6.36. The molecule has 1 saturated heterocycles. The summed E-state index contributed by atoms with van der Waals surface area (Å²) >= 11 is 6.27. The quantitative estimate of drug-likeness (QED) is 0.780. The lowest BCUT2D eigenvalue weighted by Gasteiger charge is -2.35. The number of nitrogens with zero attached hydrogens (tertiary/aromatic N) is 1. The van der Waals surface area contributed by atoms with Crippen molar-refractivity contribution in [3.63, 3.8) is 0 Å². The molecule has 2 rings (SSSR count). The van der Waals surface area contributed by atoms with Gasteiger partial charge in [0.15, 0.2) is 17.1 Å². The van der Waals surface area contributed by atoms with Gasteiger partial charge in [0.05, 0.1) is 18.7 Å². The van der Waals surface area contributed by atoms with E-state index in [1.807, 2.05) is 13.8 Å². The summed E-state index contributed by atoms with van der Waals surface area (Å²) < 4.78 is 11.0. The number of aliphatic carboxylic acids is 1. The van der Waals surface area contributed by atoms with E-state index >= 15 is 0 Å². The summed E-state index contributed by atoms with van der Waals surface area (Å²) in [4.78, 5) is 25.3. The molecule has 7 nitrogen and oxygen atoms in total. The van der Waals surface area contributed by atoms with Crippen LogP contribution in [0.4, 0.5) is 0 Å². The van der Waals surface area contributed by atoms with Crippen LogP contribution in [0.25, 0.3) is 0 Å². The number of ether oxygens (including phenoxy) is 2. The van der Waals surface area contributed by atoms with Gasteiger partial charge < -0.3 is 24.6 Å². The maximum absolute atomic E-state index is 12.7. The fraction of sp³-hybridized carbons (Fsp3) is 0.556. The van der Waals surface area contributed by atoms with Crippen molar-refractivity contribution in [3.8, 4) is 11.5 Å². The minimum absolute atomic E-state index is 0.0193. The number of rotatable bonds is 6. The number of hydrogen-bond acceptors (Lipinski definition) is 5. The first-order chi connectivity index (χ1) is 12.2. The van der Waals surface area contributed by atoms with E-state index in [-0.39, 0.29) is 36.9 Å². The number of methoxy groups -OCH3 is 1. The fourth-order valence-corrected chi connectivity index (χ4v) is 2.97. The number of carboxylic acid groups (broad SMARTS) is 1.